The van der Waals surface area contributed by atoms with Gasteiger partial charge >= 0.3 is 0 Å². The van der Waals surface area contributed by atoms with Gasteiger partial charge in [0.1, 0.15) is 5.75 Å². The Hall–Kier alpha value is -2.82. The Morgan fingerprint density at radius 1 is 1.00 bits per heavy atom. The Kier molecular flexibility index (Phi) is 5.56. The molecule has 0 spiro atoms. The molecule has 0 aromatic heterocycles. The molecule has 3 rings (SSSR count). The van der Waals surface area contributed by atoms with Crippen LogP contribution in [0.25, 0.3) is 0 Å². The smallest absolute Gasteiger partial charge is 0.255 e. The van der Waals surface area contributed by atoms with E-state index in [1.807, 2.05) is 30.0 Å². The van der Waals surface area contributed by atoms with Gasteiger partial charge in [-0.05, 0) is 62.1 Å². The number of anilines is 1. The number of hydrogen-bond donors (Lipinski definition) is 1. The zero-order chi connectivity index (χ0) is 18.5. The van der Waals surface area contributed by atoms with Crippen molar-refractivity contribution in [2.75, 3.05) is 25.5 Å². The molecule has 1 saturated heterocycles. The Labute approximate surface area is 154 Å². The molecule has 0 unspecified atom stereocenters. The zero-order valence-electron chi connectivity index (χ0n) is 15.2. The van der Waals surface area contributed by atoms with Crippen molar-refractivity contribution in [2.24, 2.45) is 0 Å². The number of nitrogens with zero attached hydrogens (tertiary/aromatic N) is 1. The van der Waals surface area contributed by atoms with E-state index in [-0.39, 0.29) is 11.8 Å². The van der Waals surface area contributed by atoms with Gasteiger partial charge in [-0.3, -0.25) is 9.59 Å². The molecule has 1 aliphatic heterocycles. The minimum Gasteiger partial charge on any atom is -0.495 e. The van der Waals surface area contributed by atoms with Crippen molar-refractivity contribution >= 4 is 17.5 Å². The Morgan fingerprint density at radius 3 is 2.46 bits per heavy atom. The quantitative estimate of drug-likeness (QED) is 0.908. The first-order valence-electron chi connectivity index (χ1n) is 8.94. The molecule has 5 nitrogen and oxygen atoms in total. The average molecular weight is 352 g/mol. The molecule has 0 atom stereocenters. The van der Waals surface area contributed by atoms with Crippen LogP contribution < -0.4 is 10.1 Å². The minimum atomic E-state index is -0.262. The number of benzene rings is 2. The lowest BCUT2D eigenvalue weighted by Gasteiger charge is -2.26. The molecule has 1 heterocycles. The van der Waals surface area contributed by atoms with Gasteiger partial charge in [0, 0.05) is 24.2 Å². The molecule has 1 N–H and O–H groups in total. The van der Waals surface area contributed by atoms with Crippen molar-refractivity contribution in [3.05, 3.63) is 59.2 Å². The third kappa shape index (κ3) is 4.04. The first-order valence-corrected chi connectivity index (χ1v) is 8.94. The van der Waals surface area contributed by atoms with Crippen LogP contribution in [-0.4, -0.2) is 36.9 Å². The summed E-state index contributed by atoms with van der Waals surface area (Å²) in [6.45, 7) is 3.53. The molecule has 2 amide bonds. The summed E-state index contributed by atoms with van der Waals surface area (Å²) in [6, 6.07) is 12.5. The fourth-order valence-corrected chi connectivity index (χ4v) is 3.19. The first-order chi connectivity index (χ1) is 12.6. The van der Waals surface area contributed by atoms with E-state index in [4.69, 9.17) is 4.74 Å². The summed E-state index contributed by atoms with van der Waals surface area (Å²) >= 11 is 0. The van der Waals surface area contributed by atoms with Gasteiger partial charge in [-0.25, -0.2) is 0 Å². The number of carbonyl (C=O) groups excluding carboxylic acids is 2. The van der Waals surface area contributed by atoms with Crippen LogP contribution in [0.15, 0.2) is 42.5 Å². The maximum atomic E-state index is 12.7. The third-order valence-corrected chi connectivity index (χ3v) is 4.62. The highest BCUT2D eigenvalue weighted by molar-refractivity contribution is 6.06. The van der Waals surface area contributed by atoms with Crippen molar-refractivity contribution < 1.29 is 14.3 Å². The predicted molar refractivity (Wildman–Crippen MR) is 102 cm³/mol. The van der Waals surface area contributed by atoms with E-state index in [1.165, 1.54) is 6.42 Å². The summed E-state index contributed by atoms with van der Waals surface area (Å²) in [5.74, 6) is 0.333. The SMILES string of the molecule is COc1ccc(C)cc1NC(=O)c1cccc(C(=O)N2CCCCC2)c1. The second kappa shape index (κ2) is 8.04. The number of carbonyl (C=O) groups is 2. The maximum Gasteiger partial charge on any atom is 0.255 e. The summed E-state index contributed by atoms with van der Waals surface area (Å²) in [6.07, 6.45) is 3.25. The van der Waals surface area contributed by atoms with Gasteiger partial charge in [0.15, 0.2) is 0 Å². The highest BCUT2D eigenvalue weighted by atomic mass is 16.5. The second-order valence-electron chi connectivity index (χ2n) is 6.59. The molecule has 26 heavy (non-hydrogen) atoms. The largest absolute Gasteiger partial charge is 0.495 e. The number of rotatable bonds is 4. The topological polar surface area (TPSA) is 58.6 Å². The average Bonchev–Trinajstić information content (AvgIpc) is 2.68. The van der Waals surface area contributed by atoms with Crippen LogP contribution in [0.5, 0.6) is 5.75 Å². The number of nitrogens with one attached hydrogen (secondary N) is 1. The van der Waals surface area contributed by atoms with Gasteiger partial charge in [0.05, 0.1) is 12.8 Å². The molecule has 0 aliphatic carbocycles. The summed E-state index contributed by atoms with van der Waals surface area (Å²) in [4.78, 5) is 27.2. The maximum absolute atomic E-state index is 12.7. The van der Waals surface area contributed by atoms with Gasteiger partial charge in [0.25, 0.3) is 11.8 Å². The monoisotopic (exact) mass is 352 g/mol. The standard InChI is InChI=1S/C21H24N2O3/c1-15-9-10-19(26-2)18(13-15)22-20(24)16-7-6-8-17(14-16)21(25)23-11-4-3-5-12-23/h6-10,13-14H,3-5,11-12H2,1-2H3,(H,22,24). The van der Waals surface area contributed by atoms with E-state index >= 15 is 0 Å². The van der Waals surface area contributed by atoms with Gasteiger partial charge in [0.2, 0.25) is 0 Å². The molecule has 1 aliphatic rings. The van der Waals surface area contributed by atoms with Gasteiger partial charge in [-0.2, -0.15) is 0 Å². The highest BCUT2D eigenvalue weighted by Crippen LogP contribution is 2.26. The lowest BCUT2D eigenvalue weighted by molar-refractivity contribution is 0.0724. The van der Waals surface area contributed by atoms with Crippen LogP contribution in [0.1, 0.15) is 45.5 Å². The lowest BCUT2D eigenvalue weighted by atomic mass is 10.1. The minimum absolute atomic E-state index is 0.00696. The molecule has 1 fully saturated rings. The van der Waals surface area contributed by atoms with E-state index in [0.29, 0.717) is 22.6 Å². The second-order valence-corrected chi connectivity index (χ2v) is 6.59. The fourth-order valence-electron chi connectivity index (χ4n) is 3.19. The summed E-state index contributed by atoms with van der Waals surface area (Å²) in [5.41, 5.74) is 2.65. The van der Waals surface area contributed by atoms with Crippen molar-refractivity contribution in [3.63, 3.8) is 0 Å². The Balaban J connectivity index is 1.78. The van der Waals surface area contributed by atoms with E-state index in [0.717, 1.165) is 31.5 Å². The molecule has 2 aromatic carbocycles. The van der Waals surface area contributed by atoms with Crippen LogP contribution in [0, 0.1) is 6.92 Å². The Bertz CT molecular complexity index is 811. The van der Waals surface area contributed by atoms with Crippen LogP contribution in [-0.2, 0) is 0 Å². The summed E-state index contributed by atoms with van der Waals surface area (Å²) in [5, 5.41) is 2.88. The van der Waals surface area contributed by atoms with Crippen LogP contribution in [0.3, 0.4) is 0 Å². The van der Waals surface area contributed by atoms with Crippen molar-refractivity contribution in [2.45, 2.75) is 26.2 Å². The fraction of sp³-hybridized carbons (Fsp3) is 0.333. The Morgan fingerprint density at radius 2 is 1.73 bits per heavy atom. The number of amides is 2. The normalized spacial score (nSPS) is 14.0. The van der Waals surface area contributed by atoms with Gasteiger partial charge in [-0.15, -0.1) is 0 Å². The number of ether oxygens (including phenoxy) is 1. The molecular formula is C21H24N2O3. The molecule has 5 heteroatoms. The summed E-state index contributed by atoms with van der Waals surface area (Å²) < 4.78 is 5.30. The van der Waals surface area contributed by atoms with E-state index in [2.05, 4.69) is 5.32 Å². The van der Waals surface area contributed by atoms with Crippen LogP contribution >= 0.6 is 0 Å². The van der Waals surface area contributed by atoms with E-state index in [1.54, 1.807) is 31.4 Å². The van der Waals surface area contributed by atoms with Crippen LogP contribution in [0.4, 0.5) is 5.69 Å². The number of methoxy groups -OCH3 is 1. The van der Waals surface area contributed by atoms with Gasteiger partial charge < -0.3 is 15.0 Å². The number of likely N-dealkylation sites (tertiary alicyclic amines) is 1. The molecule has 0 bridgehead atoms. The molecule has 0 saturated carbocycles. The molecule has 2 aromatic rings. The lowest BCUT2D eigenvalue weighted by Crippen LogP contribution is -2.35. The van der Waals surface area contributed by atoms with Gasteiger partial charge in [-0.1, -0.05) is 12.1 Å². The molecule has 136 valence electrons. The number of hydrogen-bond acceptors (Lipinski definition) is 3. The van der Waals surface area contributed by atoms with Crippen molar-refractivity contribution in [1.29, 1.82) is 0 Å². The predicted octanol–water partition coefficient (Wildman–Crippen LogP) is 3.88. The van der Waals surface area contributed by atoms with Crippen molar-refractivity contribution in [1.82, 2.24) is 4.90 Å². The first kappa shape index (κ1) is 18.0. The zero-order valence-corrected chi connectivity index (χ0v) is 15.2. The van der Waals surface area contributed by atoms with Crippen LogP contribution in [0.2, 0.25) is 0 Å². The summed E-state index contributed by atoms with van der Waals surface area (Å²) in [7, 11) is 1.57. The van der Waals surface area contributed by atoms with Crippen molar-refractivity contribution in [3.8, 4) is 5.75 Å². The van der Waals surface area contributed by atoms with E-state index in [9.17, 15) is 9.59 Å². The number of piperidine rings is 1. The highest BCUT2D eigenvalue weighted by Gasteiger charge is 2.19. The molecular weight excluding hydrogens is 328 g/mol. The number of aryl methyl sites for hydroxylation is 1. The van der Waals surface area contributed by atoms with E-state index < -0.39 is 0 Å². The third-order valence-electron chi connectivity index (χ3n) is 4.62. The molecule has 0 radical (unpaired) electrons.